The lowest BCUT2D eigenvalue weighted by Crippen LogP contribution is -2.21. The van der Waals surface area contributed by atoms with Crippen LogP contribution in [0.5, 0.6) is 0 Å². The molecular formula is C9H10IN2O2P. The quantitative estimate of drug-likeness (QED) is 0.499. The van der Waals surface area contributed by atoms with E-state index < -0.39 is 0 Å². The first kappa shape index (κ1) is 12.5. The van der Waals surface area contributed by atoms with Crippen LogP contribution in [-0.2, 0) is 4.79 Å². The summed E-state index contributed by atoms with van der Waals surface area (Å²) in [5, 5.41) is 2.68. The number of hydrogen-bond donors (Lipinski definition) is 2. The van der Waals surface area contributed by atoms with Crippen LogP contribution in [0.15, 0.2) is 24.3 Å². The van der Waals surface area contributed by atoms with Crippen LogP contribution >= 0.6 is 32.1 Å². The van der Waals surface area contributed by atoms with Gasteiger partial charge in [0.25, 0.3) is 0 Å². The zero-order valence-corrected chi connectivity index (χ0v) is 11.1. The van der Waals surface area contributed by atoms with Crippen LogP contribution in [0, 0.1) is 0 Å². The number of benzene rings is 1. The molecule has 1 rings (SSSR count). The van der Waals surface area contributed by atoms with Gasteiger partial charge in [0, 0.05) is 34.1 Å². The fraction of sp³-hybridized carbons (Fsp3) is 0.111. The minimum Gasteiger partial charge on any atom is -0.325 e. The second-order valence-electron chi connectivity index (χ2n) is 2.80. The van der Waals surface area contributed by atoms with E-state index in [4.69, 9.17) is 0 Å². The predicted octanol–water partition coefficient (Wildman–Crippen LogP) is 1.58. The molecule has 0 aliphatic heterocycles. The van der Waals surface area contributed by atoms with Crippen molar-refractivity contribution in [3.05, 3.63) is 29.8 Å². The van der Waals surface area contributed by atoms with E-state index in [1.165, 1.54) is 0 Å². The summed E-state index contributed by atoms with van der Waals surface area (Å²) in [5.74, 6) is -0.116. The maximum absolute atomic E-state index is 11.2. The molecule has 80 valence electrons. The minimum atomic E-state index is -0.116. The van der Waals surface area contributed by atoms with Gasteiger partial charge in [-0.25, -0.2) is 0 Å². The van der Waals surface area contributed by atoms with E-state index in [2.05, 4.69) is 18.1 Å². The van der Waals surface area contributed by atoms with Crippen molar-refractivity contribution in [1.82, 2.24) is 3.53 Å². The summed E-state index contributed by atoms with van der Waals surface area (Å²) in [5.41, 5.74) is 1.22. The first-order valence-electron chi connectivity index (χ1n) is 4.16. The molecule has 1 atom stereocenters. The lowest BCUT2D eigenvalue weighted by molar-refractivity contribution is -0.115. The van der Waals surface area contributed by atoms with E-state index in [9.17, 15) is 9.59 Å². The normalized spacial score (nSPS) is 9.73. The number of rotatable bonds is 4. The zero-order chi connectivity index (χ0) is 11.3. The van der Waals surface area contributed by atoms with Crippen molar-refractivity contribution in [3.8, 4) is 0 Å². The van der Waals surface area contributed by atoms with Gasteiger partial charge in [0.2, 0.25) is 5.91 Å². The smallest absolute Gasteiger partial charge is 0.239 e. The Morgan fingerprint density at radius 3 is 2.33 bits per heavy atom. The van der Waals surface area contributed by atoms with Crippen molar-refractivity contribution in [2.75, 3.05) is 11.9 Å². The monoisotopic (exact) mass is 336 g/mol. The van der Waals surface area contributed by atoms with Gasteiger partial charge in [0.1, 0.15) is 0 Å². The Morgan fingerprint density at radius 1 is 1.27 bits per heavy atom. The van der Waals surface area contributed by atoms with Crippen molar-refractivity contribution in [1.29, 1.82) is 0 Å². The van der Waals surface area contributed by atoms with Crippen LogP contribution in [0.3, 0.4) is 0 Å². The second kappa shape index (κ2) is 6.15. The molecule has 2 N–H and O–H groups in total. The SMILES string of the molecule is O=C(CNI)Nc1ccc(C(=O)P)cc1. The van der Waals surface area contributed by atoms with Crippen LogP contribution in [0.1, 0.15) is 10.4 Å². The molecule has 1 aromatic rings. The van der Waals surface area contributed by atoms with E-state index in [0.717, 1.165) is 0 Å². The minimum absolute atomic E-state index is 0.0678. The van der Waals surface area contributed by atoms with Crippen molar-refractivity contribution >= 4 is 49.2 Å². The first-order chi connectivity index (χ1) is 7.13. The summed E-state index contributed by atoms with van der Waals surface area (Å²) in [6, 6.07) is 6.73. The van der Waals surface area contributed by atoms with E-state index in [0.29, 0.717) is 11.3 Å². The molecule has 0 saturated heterocycles. The van der Waals surface area contributed by atoms with Crippen LogP contribution in [0.2, 0.25) is 0 Å². The summed E-state index contributed by atoms with van der Waals surface area (Å²) >= 11 is 1.90. The van der Waals surface area contributed by atoms with Crippen LogP contribution in [-0.4, -0.2) is 18.0 Å². The number of carbonyl (C=O) groups excluding carboxylic acids is 2. The van der Waals surface area contributed by atoms with Crippen LogP contribution < -0.4 is 8.85 Å². The summed E-state index contributed by atoms with van der Waals surface area (Å²) in [6.07, 6.45) is 0. The van der Waals surface area contributed by atoms with Crippen molar-refractivity contribution in [2.24, 2.45) is 0 Å². The molecule has 0 radical (unpaired) electrons. The third-order valence-corrected chi connectivity index (χ3v) is 2.40. The van der Waals surface area contributed by atoms with E-state index >= 15 is 0 Å². The summed E-state index contributed by atoms with van der Waals surface area (Å²) in [4.78, 5) is 22.1. The van der Waals surface area contributed by atoms with Gasteiger partial charge < -0.3 is 5.32 Å². The Bertz CT molecular complexity index is 367. The maximum Gasteiger partial charge on any atom is 0.239 e. The number of anilines is 1. The Kier molecular flexibility index (Phi) is 5.14. The number of halogens is 1. The van der Waals surface area contributed by atoms with Gasteiger partial charge in [-0.1, -0.05) is 9.24 Å². The number of amides is 1. The molecule has 1 aromatic carbocycles. The highest BCUT2D eigenvalue weighted by atomic mass is 127. The molecule has 0 aromatic heterocycles. The van der Waals surface area contributed by atoms with Gasteiger partial charge in [-0.3, -0.25) is 13.1 Å². The van der Waals surface area contributed by atoms with Gasteiger partial charge >= 0.3 is 0 Å². The third-order valence-electron chi connectivity index (χ3n) is 1.68. The molecule has 1 amide bonds. The Hall–Kier alpha value is -0.520. The second-order valence-corrected chi connectivity index (χ2v) is 4.09. The standard InChI is InChI=1S/C9H10IN2O2P/c10-11-5-8(13)12-7-3-1-6(2-4-7)9(14)15/h1-4,11H,5,15H2,(H,12,13). The largest absolute Gasteiger partial charge is 0.325 e. The number of nitrogens with one attached hydrogen (secondary N) is 2. The molecule has 4 nitrogen and oxygen atoms in total. The first-order valence-corrected chi connectivity index (χ1v) is 5.82. The molecule has 0 aliphatic rings. The van der Waals surface area contributed by atoms with Crippen molar-refractivity contribution in [3.63, 3.8) is 0 Å². The molecule has 1 unspecified atom stereocenters. The summed E-state index contributed by atoms with van der Waals surface area (Å²) in [6.45, 7) is 0.255. The molecule has 15 heavy (non-hydrogen) atoms. The van der Waals surface area contributed by atoms with Crippen molar-refractivity contribution in [2.45, 2.75) is 0 Å². The third kappa shape index (κ3) is 4.24. The fourth-order valence-corrected chi connectivity index (χ4v) is 1.52. The van der Waals surface area contributed by atoms with Crippen LogP contribution in [0.4, 0.5) is 5.69 Å². The highest BCUT2D eigenvalue weighted by molar-refractivity contribution is 14.1. The summed E-state index contributed by atoms with van der Waals surface area (Å²) < 4.78 is 2.72. The molecule has 0 spiro atoms. The Balaban J connectivity index is 2.64. The number of carbonyl (C=O) groups is 2. The predicted molar refractivity (Wildman–Crippen MR) is 71.1 cm³/mol. The molecule has 0 saturated carbocycles. The van der Waals surface area contributed by atoms with Gasteiger partial charge in [0.05, 0.1) is 6.54 Å². The fourth-order valence-electron chi connectivity index (χ4n) is 0.984. The molecule has 0 fully saturated rings. The zero-order valence-electron chi connectivity index (χ0n) is 7.79. The van der Waals surface area contributed by atoms with E-state index in [-0.39, 0.29) is 18.0 Å². The van der Waals surface area contributed by atoms with E-state index in [1.54, 1.807) is 24.3 Å². The highest BCUT2D eigenvalue weighted by Crippen LogP contribution is 2.11. The van der Waals surface area contributed by atoms with Crippen LogP contribution in [0.25, 0.3) is 0 Å². The van der Waals surface area contributed by atoms with Gasteiger partial charge in [-0.15, -0.1) is 0 Å². The summed E-state index contributed by atoms with van der Waals surface area (Å²) in [7, 11) is 2.10. The molecule has 0 aliphatic carbocycles. The Labute approximate surface area is 104 Å². The maximum atomic E-state index is 11.2. The van der Waals surface area contributed by atoms with Gasteiger partial charge in [0.15, 0.2) is 5.52 Å². The highest BCUT2D eigenvalue weighted by Gasteiger charge is 2.02. The molecule has 0 heterocycles. The van der Waals surface area contributed by atoms with Crippen molar-refractivity contribution < 1.29 is 9.59 Å². The molecule has 6 heteroatoms. The lowest BCUT2D eigenvalue weighted by atomic mass is 10.2. The topological polar surface area (TPSA) is 58.2 Å². The lowest BCUT2D eigenvalue weighted by Gasteiger charge is -2.04. The van der Waals surface area contributed by atoms with Gasteiger partial charge in [-0.05, 0) is 24.3 Å². The number of hydrogen-bond acceptors (Lipinski definition) is 3. The average Bonchev–Trinajstić information content (AvgIpc) is 2.18. The van der Waals surface area contributed by atoms with E-state index in [1.807, 2.05) is 22.9 Å². The average molecular weight is 336 g/mol. The van der Waals surface area contributed by atoms with Gasteiger partial charge in [-0.2, -0.15) is 0 Å². The molecule has 0 bridgehead atoms. The Morgan fingerprint density at radius 2 is 1.87 bits per heavy atom. The molecular weight excluding hydrogens is 326 g/mol.